The number of hydrogen-bond acceptors (Lipinski definition) is 4. The Morgan fingerprint density at radius 1 is 1.03 bits per heavy atom. The summed E-state index contributed by atoms with van der Waals surface area (Å²) in [7, 11) is 0. The van der Waals surface area contributed by atoms with Crippen molar-refractivity contribution in [2.75, 3.05) is 36.4 Å². The summed E-state index contributed by atoms with van der Waals surface area (Å²) in [4.78, 5) is 29.0. The van der Waals surface area contributed by atoms with Crippen molar-refractivity contribution in [1.29, 1.82) is 0 Å². The van der Waals surface area contributed by atoms with E-state index in [2.05, 4.69) is 10.2 Å². The van der Waals surface area contributed by atoms with E-state index in [1.807, 2.05) is 18.7 Å². The number of carbonyl (C=O) groups excluding carboxylic acids is 2. The fraction of sp³-hybridized carbons (Fsp3) is 0.333. The zero-order valence-electron chi connectivity index (χ0n) is 20.4. The molecule has 0 radical (unpaired) electrons. The number of carbonyl (C=O) groups is 2. The maximum absolute atomic E-state index is 13.0. The van der Waals surface area contributed by atoms with E-state index in [9.17, 15) is 22.8 Å². The molecule has 1 N–H and O–H groups in total. The van der Waals surface area contributed by atoms with Gasteiger partial charge in [0.15, 0.2) is 5.76 Å². The van der Waals surface area contributed by atoms with E-state index >= 15 is 0 Å². The van der Waals surface area contributed by atoms with Crippen molar-refractivity contribution >= 4 is 34.8 Å². The predicted molar refractivity (Wildman–Crippen MR) is 137 cm³/mol. The lowest BCUT2D eigenvalue weighted by Gasteiger charge is -2.36. The monoisotopic (exact) mass is 533 g/mol. The second-order valence-corrected chi connectivity index (χ2v) is 9.74. The summed E-state index contributed by atoms with van der Waals surface area (Å²) in [5.74, 6) is 0.0220. The first kappa shape index (κ1) is 26.6. The van der Waals surface area contributed by atoms with E-state index in [1.165, 1.54) is 24.3 Å². The molecule has 0 bridgehead atoms. The van der Waals surface area contributed by atoms with Gasteiger partial charge in [-0.3, -0.25) is 9.59 Å². The van der Waals surface area contributed by atoms with E-state index in [-0.39, 0.29) is 23.0 Å². The van der Waals surface area contributed by atoms with Gasteiger partial charge in [-0.1, -0.05) is 37.6 Å². The summed E-state index contributed by atoms with van der Waals surface area (Å²) in [6.07, 6.45) is -3.95. The number of anilines is 2. The van der Waals surface area contributed by atoms with Gasteiger partial charge >= 0.3 is 6.18 Å². The number of alkyl halides is 3. The lowest BCUT2D eigenvalue weighted by Crippen LogP contribution is -2.49. The Hall–Kier alpha value is -3.46. The second kappa shape index (κ2) is 10.9. The van der Waals surface area contributed by atoms with Gasteiger partial charge < -0.3 is 19.5 Å². The molecule has 2 heterocycles. The van der Waals surface area contributed by atoms with Crippen molar-refractivity contribution in [2.24, 2.45) is 5.92 Å². The molecule has 4 rings (SSSR count). The van der Waals surface area contributed by atoms with Crippen molar-refractivity contribution in [2.45, 2.75) is 26.4 Å². The zero-order valence-corrected chi connectivity index (χ0v) is 21.2. The Morgan fingerprint density at radius 3 is 2.41 bits per heavy atom. The molecule has 3 aromatic rings. The summed E-state index contributed by atoms with van der Waals surface area (Å²) in [6, 6.07) is 12.7. The largest absolute Gasteiger partial charge is 0.451 e. The Labute approximate surface area is 218 Å². The van der Waals surface area contributed by atoms with Crippen molar-refractivity contribution in [3.63, 3.8) is 0 Å². The molecule has 1 saturated heterocycles. The van der Waals surface area contributed by atoms with E-state index in [4.69, 9.17) is 16.0 Å². The quantitative estimate of drug-likeness (QED) is 0.389. The minimum Gasteiger partial charge on any atom is -0.451 e. The number of piperazine rings is 1. The Morgan fingerprint density at radius 2 is 1.76 bits per heavy atom. The van der Waals surface area contributed by atoms with Crippen LogP contribution >= 0.6 is 11.6 Å². The fourth-order valence-corrected chi connectivity index (χ4v) is 4.47. The van der Waals surface area contributed by atoms with Crippen LogP contribution in [-0.4, -0.2) is 42.9 Å². The molecule has 37 heavy (non-hydrogen) atoms. The molecule has 0 aliphatic carbocycles. The third kappa shape index (κ3) is 6.46. The zero-order chi connectivity index (χ0) is 26.7. The van der Waals surface area contributed by atoms with Crippen LogP contribution in [0.15, 0.2) is 59.0 Å². The summed E-state index contributed by atoms with van der Waals surface area (Å²) < 4.78 is 44.5. The first-order valence-electron chi connectivity index (χ1n) is 11.9. The predicted octanol–water partition coefficient (Wildman–Crippen LogP) is 6.57. The SMILES string of the molecule is CC(C)CC(=O)N1CCN(c2ccc(NC(=O)c3ccc(-c4cccc(C(F)(F)F)c4)o3)cc2Cl)CC1. The van der Waals surface area contributed by atoms with Crippen LogP contribution in [-0.2, 0) is 11.0 Å². The molecular weight excluding hydrogens is 507 g/mol. The molecule has 2 amide bonds. The van der Waals surface area contributed by atoms with Crippen LogP contribution in [0.1, 0.15) is 36.4 Å². The summed E-state index contributed by atoms with van der Waals surface area (Å²) in [5.41, 5.74) is 0.667. The highest BCUT2D eigenvalue weighted by Gasteiger charge is 2.30. The topological polar surface area (TPSA) is 65.8 Å². The fourth-order valence-electron chi connectivity index (χ4n) is 4.17. The molecule has 0 spiro atoms. The molecule has 6 nitrogen and oxygen atoms in total. The molecule has 0 unspecified atom stereocenters. The second-order valence-electron chi connectivity index (χ2n) is 9.33. The number of rotatable bonds is 6. The smallest absolute Gasteiger partial charge is 0.416 e. The van der Waals surface area contributed by atoms with Gasteiger partial charge in [0, 0.05) is 43.9 Å². The highest BCUT2D eigenvalue weighted by Crippen LogP contribution is 2.33. The normalized spacial score (nSPS) is 14.2. The van der Waals surface area contributed by atoms with Crippen LogP contribution in [0.25, 0.3) is 11.3 Å². The summed E-state index contributed by atoms with van der Waals surface area (Å²) in [5, 5.41) is 3.15. The molecule has 1 aliphatic rings. The van der Waals surface area contributed by atoms with Gasteiger partial charge in [-0.05, 0) is 48.4 Å². The molecule has 196 valence electrons. The van der Waals surface area contributed by atoms with Gasteiger partial charge in [-0.25, -0.2) is 0 Å². The molecule has 0 saturated carbocycles. The van der Waals surface area contributed by atoms with Crippen molar-refractivity contribution < 1.29 is 27.2 Å². The molecule has 0 atom stereocenters. The average Bonchev–Trinajstić information content (AvgIpc) is 3.34. The number of nitrogens with one attached hydrogen (secondary N) is 1. The Bertz CT molecular complexity index is 1280. The first-order chi connectivity index (χ1) is 17.5. The van der Waals surface area contributed by atoms with Crippen LogP contribution in [0.2, 0.25) is 5.02 Å². The molecule has 1 fully saturated rings. The van der Waals surface area contributed by atoms with Gasteiger partial charge in [0.1, 0.15) is 5.76 Å². The lowest BCUT2D eigenvalue weighted by atomic mass is 10.1. The first-order valence-corrected chi connectivity index (χ1v) is 12.3. The Kier molecular flexibility index (Phi) is 7.82. The molecule has 1 aliphatic heterocycles. The third-order valence-electron chi connectivity index (χ3n) is 6.07. The van der Waals surface area contributed by atoms with Crippen LogP contribution in [0.3, 0.4) is 0 Å². The van der Waals surface area contributed by atoms with E-state index in [1.54, 1.807) is 18.2 Å². The highest BCUT2D eigenvalue weighted by atomic mass is 35.5. The van der Waals surface area contributed by atoms with E-state index in [0.717, 1.165) is 17.8 Å². The summed E-state index contributed by atoms with van der Waals surface area (Å²) >= 11 is 6.51. The van der Waals surface area contributed by atoms with Gasteiger partial charge in [-0.15, -0.1) is 0 Å². The number of hydrogen-bond donors (Lipinski definition) is 1. The van der Waals surface area contributed by atoms with Crippen LogP contribution in [0, 0.1) is 5.92 Å². The maximum Gasteiger partial charge on any atom is 0.416 e. The van der Waals surface area contributed by atoms with E-state index in [0.29, 0.717) is 49.2 Å². The molecule has 10 heteroatoms. The highest BCUT2D eigenvalue weighted by molar-refractivity contribution is 6.33. The van der Waals surface area contributed by atoms with Gasteiger partial charge in [0.2, 0.25) is 5.91 Å². The van der Waals surface area contributed by atoms with Gasteiger partial charge in [0.05, 0.1) is 16.3 Å². The number of halogens is 4. The molecule has 2 aromatic carbocycles. The number of nitrogens with zero attached hydrogens (tertiary/aromatic N) is 2. The van der Waals surface area contributed by atoms with Gasteiger partial charge in [0.25, 0.3) is 5.91 Å². The van der Waals surface area contributed by atoms with Crippen LogP contribution < -0.4 is 10.2 Å². The maximum atomic E-state index is 13.0. The average molecular weight is 534 g/mol. The van der Waals surface area contributed by atoms with Crippen molar-refractivity contribution in [1.82, 2.24) is 4.90 Å². The molecular formula is C27H27ClF3N3O3. The standard InChI is InChI=1S/C27H27ClF3N3O3/c1-17(2)14-25(35)34-12-10-33(11-13-34)22-7-6-20(16-21(22)28)32-26(36)24-9-8-23(37-24)18-4-3-5-19(15-18)27(29,30)31/h3-9,15-17H,10-14H2,1-2H3,(H,32,36). The minimum absolute atomic E-state index is 0.0465. The Balaban J connectivity index is 1.39. The van der Waals surface area contributed by atoms with Crippen LogP contribution in [0.4, 0.5) is 24.5 Å². The lowest BCUT2D eigenvalue weighted by molar-refractivity contribution is -0.137. The number of amides is 2. The molecule has 1 aromatic heterocycles. The number of furan rings is 1. The van der Waals surface area contributed by atoms with Gasteiger partial charge in [-0.2, -0.15) is 13.2 Å². The van der Waals surface area contributed by atoms with Crippen molar-refractivity contribution in [3.05, 3.63) is 70.9 Å². The summed E-state index contributed by atoms with van der Waals surface area (Å²) in [6.45, 7) is 6.59. The minimum atomic E-state index is -4.48. The number of benzene rings is 2. The third-order valence-corrected chi connectivity index (χ3v) is 6.37. The van der Waals surface area contributed by atoms with E-state index < -0.39 is 17.6 Å². The van der Waals surface area contributed by atoms with Crippen molar-refractivity contribution in [3.8, 4) is 11.3 Å². The van der Waals surface area contributed by atoms with Crippen LogP contribution in [0.5, 0.6) is 0 Å².